The third-order valence-electron chi connectivity index (χ3n) is 3.89. The Labute approximate surface area is 136 Å². The van der Waals surface area contributed by atoms with E-state index in [1.54, 1.807) is 12.4 Å². The number of morpholine rings is 1. The molecule has 0 radical (unpaired) electrons. The fourth-order valence-corrected chi connectivity index (χ4v) is 2.93. The normalized spacial score (nSPS) is 14.9. The number of halogens is 1. The highest BCUT2D eigenvalue weighted by molar-refractivity contribution is 6.33. The topological polar surface area (TPSA) is 28.6 Å². The molecule has 0 bridgehead atoms. The van der Waals surface area contributed by atoms with Gasteiger partial charge in [0.1, 0.15) is 0 Å². The average Bonchev–Trinajstić information content (AvgIpc) is 2.57. The zero-order valence-corrected chi connectivity index (χ0v) is 13.5. The summed E-state index contributed by atoms with van der Waals surface area (Å²) < 4.78 is 5.39. The number of aromatic nitrogens is 1. The van der Waals surface area contributed by atoms with Crippen LogP contribution in [-0.2, 0) is 11.3 Å². The molecule has 5 heteroatoms. The summed E-state index contributed by atoms with van der Waals surface area (Å²) in [5.41, 5.74) is 3.51. The van der Waals surface area contributed by atoms with Crippen LogP contribution in [0.3, 0.4) is 0 Å². The number of rotatable bonds is 4. The molecule has 0 unspecified atom stereocenters. The van der Waals surface area contributed by atoms with Gasteiger partial charge in [-0.1, -0.05) is 23.7 Å². The second-order valence-corrected chi connectivity index (χ2v) is 5.86. The van der Waals surface area contributed by atoms with Crippen molar-refractivity contribution in [2.75, 3.05) is 43.2 Å². The van der Waals surface area contributed by atoms with Gasteiger partial charge in [-0.2, -0.15) is 0 Å². The van der Waals surface area contributed by atoms with Gasteiger partial charge in [0, 0.05) is 44.8 Å². The van der Waals surface area contributed by atoms with E-state index in [1.807, 2.05) is 13.1 Å². The van der Waals surface area contributed by atoms with Gasteiger partial charge in [-0.15, -0.1) is 0 Å². The molecular weight excluding hydrogens is 298 g/mol. The highest BCUT2D eigenvalue weighted by atomic mass is 35.5. The van der Waals surface area contributed by atoms with E-state index in [-0.39, 0.29) is 0 Å². The molecule has 1 aromatic carbocycles. The molecule has 1 aliphatic heterocycles. The minimum absolute atomic E-state index is 0.676. The zero-order chi connectivity index (χ0) is 15.4. The quantitative estimate of drug-likeness (QED) is 0.866. The van der Waals surface area contributed by atoms with Crippen molar-refractivity contribution in [3.63, 3.8) is 0 Å². The van der Waals surface area contributed by atoms with Crippen LogP contribution in [-0.4, -0.2) is 38.3 Å². The maximum Gasteiger partial charge on any atom is 0.0822 e. The Hall–Kier alpha value is -1.78. The minimum Gasteiger partial charge on any atom is -0.378 e. The SMILES string of the molecule is CN(Cc1ccc(N2CCOCC2)cc1)c1ccncc1Cl. The first kappa shape index (κ1) is 15.1. The van der Waals surface area contributed by atoms with Crippen LogP contribution in [0, 0.1) is 0 Å². The summed E-state index contributed by atoms with van der Waals surface area (Å²) in [6, 6.07) is 10.7. The van der Waals surface area contributed by atoms with Crippen LogP contribution >= 0.6 is 11.6 Å². The third-order valence-corrected chi connectivity index (χ3v) is 4.19. The summed E-state index contributed by atoms with van der Waals surface area (Å²) >= 11 is 6.19. The van der Waals surface area contributed by atoms with Crippen LogP contribution in [0.25, 0.3) is 0 Å². The van der Waals surface area contributed by atoms with E-state index in [0.29, 0.717) is 5.02 Å². The van der Waals surface area contributed by atoms with Crippen LogP contribution in [0.15, 0.2) is 42.7 Å². The molecular formula is C17H20ClN3O. The number of benzene rings is 1. The van der Waals surface area contributed by atoms with Gasteiger partial charge in [0.15, 0.2) is 0 Å². The number of pyridine rings is 1. The lowest BCUT2D eigenvalue weighted by atomic mass is 10.1. The number of anilines is 2. The van der Waals surface area contributed by atoms with Gasteiger partial charge in [0.25, 0.3) is 0 Å². The lowest BCUT2D eigenvalue weighted by Crippen LogP contribution is -2.36. The number of hydrogen-bond acceptors (Lipinski definition) is 4. The lowest BCUT2D eigenvalue weighted by molar-refractivity contribution is 0.122. The molecule has 22 heavy (non-hydrogen) atoms. The lowest BCUT2D eigenvalue weighted by Gasteiger charge is -2.29. The van der Waals surface area contributed by atoms with Crippen molar-refractivity contribution in [2.45, 2.75) is 6.54 Å². The Kier molecular flexibility index (Phi) is 4.80. The maximum absolute atomic E-state index is 6.19. The van der Waals surface area contributed by atoms with Crippen LogP contribution in [0.2, 0.25) is 5.02 Å². The largest absolute Gasteiger partial charge is 0.378 e. The molecule has 1 fully saturated rings. The van der Waals surface area contributed by atoms with E-state index in [1.165, 1.54) is 11.3 Å². The standard InChI is InChI=1S/C17H20ClN3O/c1-20(17-6-7-19-12-16(17)18)13-14-2-4-15(5-3-14)21-8-10-22-11-9-21/h2-7,12H,8-11,13H2,1H3. The molecule has 116 valence electrons. The summed E-state index contributed by atoms with van der Waals surface area (Å²) in [6.45, 7) is 4.36. The Bertz CT molecular complexity index is 612. The molecule has 0 saturated carbocycles. The van der Waals surface area contributed by atoms with Crippen molar-refractivity contribution in [1.29, 1.82) is 0 Å². The van der Waals surface area contributed by atoms with E-state index in [2.05, 4.69) is 39.0 Å². The smallest absolute Gasteiger partial charge is 0.0822 e. The van der Waals surface area contributed by atoms with Crippen LogP contribution in [0.4, 0.5) is 11.4 Å². The summed E-state index contributed by atoms with van der Waals surface area (Å²) in [6.07, 6.45) is 3.44. The zero-order valence-electron chi connectivity index (χ0n) is 12.7. The van der Waals surface area contributed by atoms with Crippen molar-refractivity contribution in [1.82, 2.24) is 4.98 Å². The number of hydrogen-bond donors (Lipinski definition) is 0. The molecule has 3 rings (SSSR count). The average molecular weight is 318 g/mol. The van der Waals surface area contributed by atoms with E-state index >= 15 is 0 Å². The van der Waals surface area contributed by atoms with Gasteiger partial charge in [0.05, 0.1) is 23.9 Å². The fraction of sp³-hybridized carbons (Fsp3) is 0.353. The summed E-state index contributed by atoms with van der Waals surface area (Å²) in [5.74, 6) is 0. The molecule has 1 aliphatic rings. The van der Waals surface area contributed by atoms with Crippen molar-refractivity contribution < 1.29 is 4.74 Å². The number of nitrogens with zero attached hydrogens (tertiary/aromatic N) is 3. The Morgan fingerprint density at radius 3 is 2.59 bits per heavy atom. The van der Waals surface area contributed by atoms with Crippen LogP contribution in [0.1, 0.15) is 5.56 Å². The van der Waals surface area contributed by atoms with Crippen LogP contribution in [0.5, 0.6) is 0 Å². The van der Waals surface area contributed by atoms with Gasteiger partial charge in [-0.3, -0.25) is 4.98 Å². The summed E-state index contributed by atoms with van der Waals surface area (Å²) in [7, 11) is 2.04. The summed E-state index contributed by atoms with van der Waals surface area (Å²) in [5, 5.41) is 0.676. The van der Waals surface area contributed by atoms with E-state index in [0.717, 1.165) is 38.5 Å². The third kappa shape index (κ3) is 3.51. The molecule has 1 saturated heterocycles. The molecule has 0 aliphatic carbocycles. The molecule has 0 spiro atoms. The van der Waals surface area contributed by atoms with Gasteiger partial charge in [-0.05, 0) is 23.8 Å². The fourth-order valence-electron chi connectivity index (χ4n) is 2.67. The predicted octanol–water partition coefficient (Wildman–Crippen LogP) is 3.21. The van der Waals surface area contributed by atoms with Gasteiger partial charge >= 0.3 is 0 Å². The molecule has 0 atom stereocenters. The first-order valence-electron chi connectivity index (χ1n) is 7.46. The van der Waals surface area contributed by atoms with Crippen molar-refractivity contribution in [3.8, 4) is 0 Å². The Balaban J connectivity index is 1.67. The van der Waals surface area contributed by atoms with Crippen molar-refractivity contribution in [3.05, 3.63) is 53.3 Å². The first-order chi connectivity index (χ1) is 10.7. The highest BCUT2D eigenvalue weighted by Gasteiger charge is 2.11. The maximum atomic E-state index is 6.19. The first-order valence-corrected chi connectivity index (χ1v) is 7.84. The molecule has 4 nitrogen and oxygen atoms in total. The van der Waals surface area contributed by atoms with Gasteiger partial charge in [0.2, 0.25) is 0 Å². The molecule has 2 heterocycles. The monoisotopic (exact) mass is 317 g/mol. The van der Waals surface area contributed by atoms with Gasteiger partial charge < -0.3 is 14.5 Å². The molecule has 0 amide bonds. The second-order valence-electron chi connectivity index (χ2n) is 5.45. The van der Waals surface area contributed by atoms with Gasteiger partial charge in [-0.25, -0.2) is 0 Å². The molecule has 0 N–H and O–H groups in total. The molecule has 1 aromatic heterocycles. The Morgan fingerprint density at radius 1 is 1.18 bits per heavy atom. The summed E-state index contributed by atoms with van der Waals surface area (Å²) in [4.78, 5) is 8.51. The van der Waals surface area contributed by atoms with E-state index < -0.39 is 0 Å². The number of ether oxygens (including phenoxy) is 1. The highest BCUT2D eigenvalue weighted by Crippen LogP contribution is 2.25. The second kappa shape index (κ2) is 6.99. The van der Waals surface area contributed by atoms with Crippen LogP contribution < -0.4 is 9.80 Å². The van der Waals surface area contributed by atoms with E-state index in [4.69, 9.17) is 16.3 Å². The van der Waals surface area contributed by atoms with Crippen molar-refractivity contribution >= 4 is 23.0 Å². The van der Waals surface area contributed by atoms with E-state index in [9.17, 15) is 0 Å². The minimum atomic E-state index is 0.676. The molecule has 2 aromatic rings. The van der Waals surface area contributed by atoms with Crippen molar-refractivity contribution in [2.24, 2.45) is 0 Å². The Morgan fingerprint density at radius 2 is 1.91 bits per heavy atom. The predicted molar refractivity (Wildman–Crippen MR) is 90.8 cm³/mol.